The average molecular weight is 369 g/mol. The first kappa shape index (κ1) is 16.5. The quantitative estimate of drug-likeness (QED) is 0.556. The Morgan fingerprint density at radius 3 is 2.57 bits per heavy atom. The topological polar surface area (TPSA) is 73.9 Å². The molecule has 0 spiro atoms. The Balaban J connectivity index is 1.46. The van der Waals surface area contributed by atoms with Gasteiger partial charge in [0, 0.05) is 30.5 Å². The maximum absolute atomic E-state index is 12.7. The van der Waals surface area contributed by atoms with E-state index in [-0.39, 0.29) is 6.03 Å². The van der Waals surface area contributed by atoms with Crippen LogP contribution in [0.4, 0.5) is 10.5 Å². The standard InChI is InChI=1S/C22H19N5O/c28-22(24-17-9-5-2-6-10-17)27-12-11-18-16(14-27)13-23-21-19(18)20(25-26-21)15-7-3-1-4-8-15/h1-10,13H,11-12,14H2,(H,24,28)(H,23,25,26). The van der Waals surface area contributed by atoms with Gasteiger partial charge in [-0.15, -0.1) is 0 Å². The Morgan fingerprint density at radius 2 is 1.79 bits per heavy atom. The molecule has 28 heavy (non-hydrogen) atoms. The fourth-order valence-electron chi connectivity index (χ4n) is 3.75. The summed E-state index contributed by atoms with van der Waals surface area (Å²) in [4.78, 5) is 19.0. The number of hydrogen-bond acceptors (Lipinski definition) is 3. The first-order valence-corrected chi connectivity index (χ1v) is 9.31. The third-order valence-electron chi connectivity index (χ3n) is 5.15. The number of nitrogens with one attached hydrogen (secondary N) is 2. The highest BCUT2D eigenvalue weighted by molar-refractivity contribution is 5.95. The molecule has 2 N–H and O–H groups in total. The van der Waals surface area contributed by atoms with E-state index >= 15 is 0 Å². The molecule has 2 aromatic heterocycles. The first-order valence-electron chi connectivity index (χ1n) is 9.31. The minimum atomic E-state index is -0.0903. The van der Waals surface area contributed by atoms with Crippen molar-refractivity contribution in [1.82, 2.24) is 20.1 Å². The van der Waals surface area contributed by atoms with Crippen LogP contribution >= 0.6 is 0 Å². The fraction of sp³-hybridized carbons (Fsp3) is 0.136. The highest BCUT2D eigenvalue weighted by Crippen LogP contribution is 2.32. The van der Waals surface area contributed by atoms with Crippen LogP contribution in [0.15, 0.2) is 66.9 Å². The molecule has 0 bridgehead atoms. The van der Waals surface area contributed by atoms with Crippen LogP contribution in [-0.2, 0) is 13.0 Å². The lowest BCUT2D eigenvalue weighted by Crippen LogP contribution is -2.39. The third-order valence-corrected chi connectivity index (χ3v) is 5.15. The Bertz CT molecular complexity index is 1140. The van der Waals surface area contributed by atoms with Crippen LogP contribution in [-0.4, -0.2) is 32.7 Å². The van der Waals surface area contributed by atoms with Crippen molar-refractivity contribution in [1.29, 1.82) is 0 Å². The average Bonchev–Trinajstić information content (AvgIpc) is 3.19. The Kier molecular flexibility index (Phi) is 4.01. The van der Waals surface area contributed by atoms with Gasteiger partial charge in [-0.25, -0.2) is 9.78 Å². The molecule has 138 valence electrons. The van der Waals surface area contributed by atoms with E-state index in [1.54, 1.807) is 0 Å². The van der Waals surface area contributed by atoms with Gasteiger partial charge in [0.2, 0.25) is 0 Å². The molecule has 6 heteroatoms. The van der Waals surface area contributed by atoms with Gasteiger partial charge < -0.3 is 10.2 Å². The summed E-state index contributed by atoms with van der Waals surface area (Å²) >= 11 is 0. The summed E-state index contributed by atoms with van der Waals surface area (Å²) < 4.78 is 0. The van der Waals surface area contributed by atoms with Gasteiger partial charge in [-0.3, -0.25) is 5.10 Å². The molecule has 2 amide bonds. The molecular formula is C22H19N5O. The minimum absolute atomic E-state index is 0.0903. The SMILES string of the molecule is O=C(Nc1ccccc1)N1CCc2c(cnc3n[nH]c(-c4ccccc4)c23)C1. The normalized spacial score (nSPS) is 13.4. The second kappa shape index (κ2) is 6.81. The van der Waals surface area contributed by atoms with Gasteiger partial charge >= 0.3 is 6.03 Å². The number of para-hydroxylation sites is 1. The maximum Gasteiger partial charge on any atom is 0.322 e. The van der Waals surface area contributed by atoms with E-state index < -0.39 is 0 Å². The largest absolute Gasteiger partial charge is 0.322 e. The molecule has 0 atom stereocenters. The van der Waals surface area contributed by atoms with Gasteiger partial charge in [0.25, 0.3) is 0 Å². The number of benzene rings is 2. The van der Waals surface area contributed by atoms with E-state index in [1.807, 2.05) is 59.6 Å². The molecular weight excluding hydrogens is 350 g/mol. The Morgan fingerprint density at radius 1 is 1.04 bits per heavy atom. The number of rotatable bonds is 2. The van der Waals surface area contributed by atoms with Crippen LogP contribution in [0.3, 0.4) is 0 Å². The summed E-state index contributed by atoms with van der Waals surface area (Å²) in [6.07, 6.45) is 2.62. The Labute approximate surface area is 162 Å². The number of aromatic amines is 1. The zero-order valence-electron chi connectivity index (χ0n) is 15.2. The van der Waals surface area contributed by atoms with Crippen molar-refractivity contribution >= 4 is 22.8 Å². The molecule has 4 aromatic rings. The summed E-state index contributed by atoms with van der Waals surface area (Å²) in [5.41, 5.74) is 5.89. The lowest BCUT2D eigenvalue weighted by atomic mass is 9.96. The van der Waals surface area contributed by atoms with Crippen molar-refractivity contribution < 1.29 is 4.79 Å². The summed E-state index contributed by atoms with van der Waals surface area (Å²) in [6.45, 7) is 1.19. The first-order chi connectivity index (χ1) is 13.8. The maximum atomic E-state index is 12.7. The second-order valence-electron chi connectivity index (χ2n) is 6.89. The van der Waals surface area contributed by atoms with Gasteiger partial charge in [0.15, 0.2) is 5.65 Å². The van der Waals surface area contributed by atoms with Crippen LogP contribution in [0.25, 0.3) is 22.3 Å². The van der Waals surface area contributed by atoms with E-state index in [0.717, 1.165) is 40.0 Å². The van der Waals surface area contributed by atoms with E-state index in [9.17, 15) is 4.79 Å². The highest BCUT2D eigenvalue weighted by Gasteiger charge is 2.25. The number of urea groups is 1. The number of nitrogens with zero attached hydrogens (tertiary/aromatic N) is 3. The third kappa shape index (κ3) is 2.89. The number of hydrogen-bond donors (Lipinski definition) is 2. The summed E-state index contributed by atoms with van der Waals surface area (Å²) in [5, 5.41) is 11.5. The molecule has 1 aliphatic heterocycles. The van der Waals surface area contributed by atoms with Crippen molar-refractivity contribution in [3.8, 4) is 11.3 Å². The summed E-state index contributed by atoms with van der Waals surface area (Å²) in [6, 6.07) is 19.6. The van der Waals surface area contributed by atoms with Crippen molar-refractivity contribution in [2.45, 2.75) is 13.0 Å². The molecule has 0 radical (unpaired) electrons. The zero-order valence-corrected chi connectivity index (χ0v) is 15.2. The van der Waals surface area contributed by atoms with E-state index in [2.05, 4.69) is 32.6 Å². The van der Waals surface area contributed by atoms with Crippen LogP contribution in [0.2, 0.25) is 0 Å². The zero-order chi connectivity index (χ0) is 18.9. The number of carbonyl (C=O) groups is 1. The van der Waals surface area contributed by atoms with Gasteiger partial charge in [0.1, 0.15) is 0 Å². The molecule has 5 rings (SSSR count). The lowest BCUT2D eigenvalue weighted by molar-refractivity contribution is 0.206. The molecule has 0 unspecified atom stereocenters. The highest BCUT2D eigenvalue weighted by atomic mass is 16.2. The number of H-pyrrole nitrogens is 1. The molecule has 0 saturated carbocycles. The molecule has 0 fully saturated rings. The number of aromatic nitrogens is 3. The van der Waals surface area contributed by atoms with E-state index in [0.29, 0.717) is 13.1 Å². The number of fused-ring (bicyclic) bond motifs is 3. The van der Waals surface area contributed by atoms with Crippen LogP contribution in [0, 0.1) is 0 Å². The molecule has 2 aromatic carbocycles. The summed E-state index contributed by atoms with van der Waals surface area (Å²) in [7, 11) is 0. The lowest BCUT2D eigenvalue weighted by Gasteiger charge is -2.29. The minimum Gasteiger partial charge on any atom is -0.320 e. The number of carbonyl (C=O) groups excluding carboxylic acids is 1. The predicted molar refractivity (Wildman–Crippen MR) is 109 cm³/mol. The van der Waals surface area contributed by atoms with E-state index in [4.69, 9.17) is 0 Å². The molecule has 0 aliphatic carbocycles. The van der Waals surface area contributed by atoms with Crippen molar-refractivity contribution in [3.63, 3.8) is 0 Å². The monoisotopic (exact) mass is 369 g/mol. The van der Waals surface area contributed by atoms with Crippen LogP contribution < -0.4 is 5.32 Å². The molecule has 6 nitrogen and oxygen atoms in total. The van der Waals surface area contributed by atoms with Crippen molar-refractivity contribution in [2.24, 2.45) is 0 Å². The molecule has 3 heterocycles. The van der Waals surface area contributed by atoms with Gasteiger partial charge in [0.05, 0.1) is 11.1 Å². The van der Waals surface area contributed by atoms with Gasteiger partial charge in [-0.2, -0.15) is 5.10 Å². The van der Waals surface area contributed by atoms with Gasteiger partial charge in [-0.05, 0) is 29.7 Å². The molecule has 1 aliphatic rings. The van der Waals surface area contributed by atoms with E-state index in [1.165, 1.54) is 5.56 Å². The Hall–Kier alpha value is -3.67. The summed E-state index contributed by atoms with van der Waals surface area (Å²) in [5.74, 6) is 0. The fourth-order valence-corrected chi connectivity index (χ4v) is 3.75. The number of pyridine rings is 1. The second-order valence-corrected chi connectivity index (χ2v) is 6.89. The number of anilines is 1. The predicted octanol–water partition coefficient (Wildman–Crippen LogP) is 4.22. The molecule has 0 saturated heterocycles. The number of amides is 2. The van der Waals surface area contributed by atoms with Crippen LogP contribution in [0.5, 0.6) is 0 Å². The van der Waals surface area contributed by atoms with Crippen LogP contribution in [0.1, 0.15) is 11.1 Å². The van der Waals surface area contributed by atoms with Crippen molar-refractivity contribution in [3.05, 3.63) is 78.0 Å². The van der Waals surface area contributed by atoms with Crippen molar-refractivity contribution in [2.75, 3.05) is 11.9 Å². The smallest absolute Gasteiger partial charge is 0.320 e. The van der Waals surface area contributed by atoms with Gasteiger partial charge in [-0.1, -0.05) is 48.5 Å².